The highest BCUT2D eigenvalue weighted by atomic mass is 19.1. The number of aryl methyl sites for hydroxylation is 1. The van der Waals surface area contributed by atoms with Gasteiger partial charge in [0.25, 0.3) is 5.91 Å². The van der Waals surface area contributed by atoms with Crippen molar-refractivity contribution in [2.45, 2.75) is 79.7 Å². The van der Waals surface area contributed by atoms with Gasteiger partial charge in [-0.25, -0.2) is 18.4 Å². The molecule has 1 aliphatic heterocycles. The summed E-state index contributed by atoms with van der Waals surface area (Å²) in [7, 11) is 0. The van der Waals surface area contributed by atoms with Crippen molar-refractivity contribution < 1.29 is 62.0 Å². The summed E-state index contributed by atoms with van der Waals surface area (Å²) in [6, 6.07) is 2.92. The molecular weight excluding hydrogens is 682 g/mol. The third kappa shape index (κ3) is 16.7. The Bertz CT molecular complexity index is 1490. The summed E-state index contributed by atoms with van der Waals surface area (Å²) >= 11 is 0. The van der Waals surface area contributed by atoms with Gasteiger partial charge in [0, 0.05) is 49.9 Å². The van der Waals surface area contributed by atoms with E-state index in [1.165, 1.54) is 16.8 Å². The average molecular weight is 731 g/mol. The lowest BCUT2D eigenvalue weighted by atomic mass is 9.94. The molecule has 0 saturated heterocycles. The third-order valence-electron chi connectivity index (χ3n) is 6.45. The molecule has 51 heavy (non-hydrogen) atoms. The number of nitrogens with zero attached hydrogens (tertiary/aromatic N) is 1. The number of pyridine rings is 1. The van der Waals surface area contributed by atoms with Crippen LogP contribution in [0.3, 0.4) is 0 Å². The molecule has 0 saturated carbocycles. The van der Waals surface area contributed by atoms with Crippen molar-refractivity contribution in [1.29, 1.82) is 0 Å². The smallest absolute Gasteiger partial charge is 0.503 e. The van der Waals surface area contributed by atoms with Gasteiger partial charge >= 0.3 is 12.3 Å². The number of ketones is 1. The van der Waals surface area contributed by atoms with E-state index < -0.39 is 47.8 Å². The normalized spacial score (nSPS) is 13.2. The number of nitrogens with one attached hydrogen (secondary N) is 3. The monoisotopic (exact) mass is 730 g/mol. The van der Waals surface area contributed by atoms with E-state index in [4.69, 9.17) is 14.7 Å². The first kappa shape index (κ1) is 44.4. The Labute approximate surface area is 294 Å². The lowest BCUT2D eigenvalue weighted by Crippen LogP contribution is -2.34. The van der Waals surface area contributed by atoms with Crippen LogP contribution in [-0.2, 0) is 36.9 Å². The Kier molecular flexibility index (Phi) is 20.6. The molecule has 286 valence electrons. The van der Waals surface area contributed by atoms with Crippen LogP contribution in [0, 0.1) is 17.6 Å². The number of hydrogen-bond acceptors (Lipinski definition) is 14. The minimum Gasteiger partial charge on any atom is -0.503 e. The summed E-state index contributed by atoms with van der Waals surface area (Å²) in [4.78, 5) is 62.7. The number of ether oxygens (including phenoxy) is 4. The maximum atomic E-state index is 13.6. The topological polar surface area (TPSA) is 213 Å². The number of aliphatic hydroxyl groups excluding tert-OH is 1. The zero-order valence-corrected chi connectivity index (χ0v) is 29.6. The fourth-order valence-corrected chi connectivity index (χ4v) is 4.02. The lowest BCUT2D eigenvalue weighted by Gasteiger charge is -2.23. The van der Waals surface area contributed by atoms with Crippen LogP contribution < -0.4 is 21.5 Å². The molecule has 0 fully saturated rings. The van der Waals surface area contributed by atoms with Gasteiger partial charge in [-0.3, -0.25) is 19.2 Å². The second kappa shape index (κ2) is 23.7. The first-order chi connectivity index (χ1) is 24.1. The van der Waals surface area contributed by atoms with E-state index in [1.54, 1.807) is 34.6 Å². The number of benzene rings is 1. The number of aliphatic hydroxyl groups is 1. The van der Waals surface area contributed by atoms with Gasteiger partial charge in [0.15, 0.2) is 18.3 Å². The predicted octanol–water partition coefficient (Wildman–Crippen LogP) is 3.51. The van der Waals surface area contributed by atoms with E-state index >= 15 is 0 Å². The van der Waals surface area contributed by atoms with Gasteiger partial charge in [-0.05, 0) is 53.1 Å². The molecule has 1 atom stereocenters. The maximum Gasteiger partial charge on any atom is 0.510 e. The summed E-state index contributed by atoms with van der Waals surface area (Å²) in [5.74, 6) is -3.82. The molecule has 3 rings (SSSR count). The maximum absolute atomic E-state index is 13.6. The van der Waals surface area contributed by atoms with Crippen molar-refractivity contribution in [2.75, 3.05) is 33.2 Å². The van der Waals surface area contributed by atoms with Crippen molar-refractivity contribution in [2.24, 2.45) is 5.92 Å². The van der Waals surface area contributed by atoms with E-state index in [0.717, 1.165) is 25.6 Å². The van der Waals surface area contributed by atoms with Gasteiger partial charge in [0.1, 0.15) is 22.9 Å². The van der Waals surface area contributed by atoms with Gasteiger partial charge in [0.05, 0.1) is 12.2 Å². The Hall–Kier alpha value is -4.65. The van der Waals surface area contributed by atoms with Gasteiger partial charge in [0.2, 0.25) is 12.2 Å². The molecule has 0 spiro atoms. The molecule has 1 amide bonds. The first-order valence-corrected chi connectivity index (χ1v) is 16.2. The van der Waals surface area contributed by atoms with E-state index in [1.807, 2.05) is 0 Å². The number of Topliss-reactive ketones (excluding diaryl/α,β-unsaturated/α-hetero) is 1. The van der Waals surface area contributed by atoms with E-state index in [0.29, 0.717) is 25.6 Å². The number of halogens is 2. The van der Waals surface area contributed by atoms with Gasteiger partial charge in [-0.2, -0.15) is 5.48 Å². The van der Waals surface area contributed by atoms with Crippen molar-refractivity contribution in [3.8, 4) is 5.75 Å². The molecule has 1 aromatic carbocycles. The minimum absolute atomic E-state index is 0.0473. The summed E-state index contributed by atoms with van der Waals surface area (Å²) in [5, 5.41) is 23.7. The number of hydrogen-bond donors (Lipinski definition) is 5. The molecule has 1 unspecified atom stereocenters. The molecule has 18 heteroatoms. The van der Waals surface area contributed by atoms with Crippen LogP contribution in [0.25, 0.3) is 0 Å². The third-order valence-corrected chi connectivity index (χ3v) is 6.45. The van der Waals surface area contributed by atoms with E-state index in [-0.39, 0.29) is 54.1 Å². The molecule has 0 aliphatic carbocycles. The largest absolute Gasteiger partial charge is 0.510 e. The zero-order chi connectivity index (χ0) is 38.5. The summed E-state index contributed by atoms with van der Waals surface area (Å²) in [6.45, 7) is 12.5. The highest BCUT2D eigenvalue weighted by Crippen LogP contribution is 2.25. The van der Waals surface area contributed by atoms with Gasteiger partial charge in [-0.15, -0.1) is 0 Å². The van der Waals surface area contributed by atoms with E-state index in [2.05, 4.69) is 37.2 Å². The molecule has 5 N–H and O–H groups in total. The Morgan fingerprint density at radius 2 is 1.65 bits per heavy atom. The van der Waals surface area contributed by atoms with Crippen LogP contribution in [0.4, 0.5) is 18.4 Å². The van der Waals surface area contributed by atoms with Crippen molar-refractivity contribution in [1.82, 2.24) is 20.7 Å². The second-order valence-corrected chi connectivity index (χ2v) is 11.4. The molecule has 16 nitrogen and oxygen atoms in total. The Morgan fingerprint density at radius 1 is 1.00 bits per heavy atom. The highest BCUT2D eigenvalue weighted by Gasteiger charge is 2.30. The summed E-state index contributed by atoms with van der Waals surface area (Å²) in [6.07, 6.45) is 0.898. The number of carbonyl (C=O) groups excluding carboxylic acids is 4. The van der Waals surface area contributed by atoms with Gasteiger partial charge in [-0.1, -0.05) is 19.9 Å². The SMILES string of the molecule is CC(C)OC(=O)OCO.CC1CCn2cc(C(=O)NCc3ccc(F)cc3F)c(=O)c(O)c2C1=O.CCCNCCNOCOC(=O)OC(C)C. The number of aromatic hydroxyl groups is 1. The fraction of sp³-hybridized carbons (Fsp3) is 0.545. The average Bonchev–Trinajstić information content (AvgIpc) is 3.05. The predicted molar refractivity (Wildman–Crippen MR) is 178 cm³/mol. The van der Waals surface area contributed by atoms with Gasteiger partial charge < -0.3 is 44.4 Å². The molecule has 2 aromatic rings. The molecule has 1 aromatic heterocycles. The van der Waals surface area contributed by atoms with Crippen LogP contribution in [-0.4, -0.2) is 84.2 Å². The van der Waals surface area contributed by atoms with Crippen LogP contribution in [0.15, 0.2) is 29.2 Å². The quantitative estimate of drug-likeness (QED) is 0.0815. The Balaban J connectivity index is 0.000000443. The van der Waals surface area contributed by atoms with Crippen molar-refractivity contribution >= 4 is 24.0 Å². The molecule has 0 bridgehead atoms. The fourth-order valence-electron chi connectivity index (χ4n) is 4.02. The number of aromatic nitrogens is 1. The zero-order valence-electron chi connectivity index (χ0n) is 29.6. The first-order valence-electron chi connectivity index (χ1n) is 16.2. The number of rotatable bonds is 14. The summed E-state index contributed by atoms with van der Waals surface area (Å²) < 4.78 is 45.8. The Morgan fingerprint density at radius 3 is 2.24 bits per heavy atom. The number of carbonyl (C=O) groups is 4. The van der Waals surface area contributed by atoms with Crippen LogP contribution in [0.2, 0.25) is 0 Å². The molecule has 0 radical (unpaired) electrons. The molecule has 1 aliphatic rings. The lowest BCUT2D eigenvalue weighted by molar-refractivity contribution is -0.0888. The molecule has 2 heterocycles. The van der Waals surface area contributed by atoms with Crippen molar-refractivity contribution in [3.05, 3.63) is 63.1 Å². The highest BCUT2D eigenvalue weighted by molar-refractivity contribution is 6.01. The standard InChI is InChI=1S/C18H16F2N2O4.C10H22N2O4.C5H10O4/c1-9-4-5-22-8-12(16(24)17(25)14(22)15(9)23)18(26)21-7-10-2-3-11(19)6-13(10)20;1-4-5-11-6-7-12-15-8-14-10(13)16-9(2)3;1-4(2)9-5(7)8-3-6/h2-3,6,8-9,25H,4-5,7H2,1H3,(H,21,26);9,11-12H,4-8H2,1-3H3;4,6H,3H2,1-2H3. The van der Waals surface area contributed by atoms with Crippen LogP contribution in [0.1, 0.15) is 80.8 Å². The minimum atomic E-state index is -0.962. The number of amides is 1. The number of fused-ring (bicyclic) bond motifs is 1. The van der Waals surface area contributed by atoms with E-state index in [9.17, 15) is 37.9 Å². The van der Waals surface area contributed by atoms with Crippen LogP contribution in [0.5, 0.6) is 5.75 Å². The second-order valence-electron chi connectivity index (χ2n) is 11.4. The number of hydroxylamine groups is 1. The summed E-state index contributed by atoms with van der Waals surface area (Å²) in [5.41, 5.74) is 1.29. The van der Waals surface area contributed by atoms with Crippen LogP contribution >= 0.6 is 0 Å². The van der Waals surface area contributed by atoms with Crippen molar-refractivity contribution in [3.63, 3.8) is 0 Å². The molecular formula is C33H48F2N4O12.